The van der Waals surface area contributed by atoms with Crippen LogP contribution in [0.3, 0.4) is 0 Å². The number of oxazole rings is 1. The third kappa shape index (κ3) is 5.01. The zero-order chi connectivity index (χ0) is 20.8. The van der Waals surface area contributed by atoms with Crippen molar-refractivity contribution in [1.29, 1.82) is 0 Å². The predicted octanol–water partition coefficient (Wildman–Crippen LogP) is 2.61. The van der Waals surface area contributed by atoms with E-state index in [0.717, 1.165) is 5.56 Å². The van der Waals surface area contributed by atoms with Crippen LogP contribution >= 0.6 is 0 Å². The molecule has 1 aliphatic rings. The van der Waals surface area contributed by atoms with E-state index in [1.807, 2.05) is 30.3 Å². The molecule has 8 nitrogen and oxygen atoms in total. The lowest BCUT2D eigenvalue weighted by atomic mass is 9.97. The van der Waals surface area contributed by atoms with E-state index in [0.29, 0.717) is 44.2 Å². The highest BCUT2D eigenvalue weighted by atomic mass is 16.5. The van der Waals surface area contributed by atoms with Gasteiger partial charge in [-0.2, -0.15) is 0 Å². The molecule has 2 aromatic rings. The van der Waals surface area contributed by atoms with Crippen molar-refractivity contribution in [2.75, 3.05) is 26.3 Å². The molecule has 3 rings (SSSR count). The highest BCUT2D eigenvalue weighted by Crippen LogP contribution is 2.22. The molecule has 0 radical (unpaired) electrons. The normalized spacial score (nSPS) is 14.5. The predicted molar refractivity (Wildman–Crippen MR) is 103 cm³/mol. The summed E-state index contributed by atoms with van der Waals surface area (Å²) in [6.07, 6.45) is 1.09. The minimum Gasteiger partial charge on any atom is -0.466 e. The Balaban J connectivity index is 1.52. The Bertz CT molecular complexity index is 869. The van der Waals surface area contributed by atoms with Gasteiger partial charge in [-0.25, -0.2) is 9.78 Å². The lowest BCUT2D eigenvalue weighted by molar-refractivity contribution is -0.151. The van der Waals surface area contributed by atoms with E-state index in [2.05, 4.69) is 4.98 Å². The van der Waals surface area contributed by atoms with Crippen molar-refractivity contribution in [2.45, 2.75) is 26.7 Å². The third-order valence-electron chi connectivity index (χ3n) is 4.81. The van der Waals surface area contributed by atoms with E-state index in [1.54, 1.807) is 18.7 Å². The van der Waals surface area contributed by atoms with E-state index in [1.165, 1.54) is 0 Å². The number of nitrogens with zero attached hydrogens (tertiary/aromatic N) is 2. The molecular formula is C21H24N2O6. The van der Waals surface area contributed by atoms with Crippen molar-refractivity contribution in [3.05, 3.63) is 41.8 Å². The van der Waals surface area contributed by atoms with Gasteiger partial charge in [-0.05, 0) is 38.8 Å². The first kappa shape index (κ1) is 20.6. The molecule has 0 unspecified atom stereocenters. The number of ether oxygens (including phenoxy) is 2. The Hall–Kier alpha value is -3.16. The summed E-state index contributed by atoms with van der Waals surface area (Å²) in [4.78, 5) is 42.2. The van der Waals surface area contributed by atoms with Crippen LogP contribution in [-0.4, -0.2) is 54.0 Å². The second-order valence-electron chi connectivity index (χ2n) is 6.77. The Morgan fingerprint density at radius 1 is 1.14 bits per heavy atom. The van der Waals surface area contributed by atoms with Crippen molar-refractivity contribution < 1.29 is 28.3 Å². The van der Waals surface area contributed by atoms with Crippen molar-refractivity contribution in [3.63, 3.8) is 0 Å². The molecule has 1 aromatic heterocycles. The lowest BCUT2D eigenvalue weighted by Gasteiger charge is -2.30. The summed E-state index contributed by atoms with van der Waals surface area (Å²) in [6.45, 7) is 4.22. The van der Waals surface area contributed by atoms with Crippen LogP contribution in [0.2, 0.25) is 0 Å². The van der Waals surface area contributed by atoms with E-state index >= 15 is 0 Å². The second-order valence-corrected chi connectivity index (χ2v) is 6.77. The maximum absolute atomic E-state index is 12.3. The van der Waals surface area contributed by atoms with Crippen molar-refractivity contribution >= 4 is 17.8 Å². The number of aromatic nitrogens is 1. The zero-order valence-corrected chi connectivity index (χ0v) is 16.6. The number of hydrogen-bond donors (Lipinski definition) is 0. The van der Waals surface area contributed by atoms with Gasteiger partial charge >= 0.3 is 11.9 Å². The first-order valence-electron chi connectivity index (χ1n) is 9.64. The van der Waals surface area contributed by atoms with Crippen molar-refractivity contribution in [1.82, 2.24) is 9.88 Å². The monoisotopic (exact) mass is 400 g/mol. The second kappa shape index (κ2) is 9.36. The van der Waals surface area contributed by atoms with Crippen LogP contribution in [0.4, 0.5) is 0 Å². The van der Waals surface area contributed by atoms with Gasteiger partial charge < -0.3 is 18.8 Å². The van der Waals surface area contributed by atoms with E-state index in [-0.39, 0.29) is 30.1 Å². The molecule has 0 aliphatic carbocycles. The zero-order valence-electron chi connectivity index (χ0n) is 16.6. The number of carbonyl (C=O) groups excluding carboxylic acids is 3. The Morgan fingerprint density at radius 2 is 1.83 bits per heavy atom. The summed E-state index contributed by atoms with van der Waals surface area (Å²) >= 11 is 0. The van der Waals surface area contributed by atoms with Crippen LogP contribution in [0.1, 0.15) is 36.0 Å². The average Bonchev–Trinajstić information content (AvgIpc) is 3.14. The Kier molecular flexibility index (Phi) is 6.64. The fourth-order valence-corrected chi connectivity index (χ4v) is 3.20. The van der Waals surface area contributed by atoms with Gasteiger partial charge in [-0.3, -0.25) is 9.59 Å². The van der Waals surface area contributed by atoms with Gasteiger partial charge in [0.1, 0.15) is 5.76 Å². The van der Waals surface area contributed by atoms with Crippen molar-refractivity contribution in [3.8, 4) is 11.5 Å². The molecule has 1 amide bonds. The molecule has 1 fully saturated rings. The van der Waals surface area contributed by atoms with Crippen LogP contribution in [-0.2, 0) is 19.1 Å². The SMILES string of the molecule is CCOC(=O)C1CCN(C(=O)COC(=O)c2nc(-c3ccccc3)oc2C)CC1. The van der Waals surface area contributed by atoms with Gasteiger partial charge in [-0.1, -0.05) is 18.2 Å². The minimum atomic E-state index is -0.705. The standard InChI is InChI=1S/C21H24N2O6/c1-3-27-20(25)16-9-11-23(12-10-16)17(24)13-28-21(26)18-14(2)29-19(22-18)15-7-5-4-6-8-15/h4-8,16H,3,9-13H2,1-2H3. The maximum Gasteiger partial charge on any atom is 0.361 e. The van der Waals surface area contributed by atoms with Gasteiger partial charge in [0.05, 0.1) is 12.5 Å². The summed E-state index contributed by atoms with van der Waals surface area (Å²) in [6, 6.07) is 9.20. The van der Waals surface area contributed by atoms with E-state index in [9.17, 15) is 14.4 Å². The fraction of sp³-hybridized carbons (Fsp3) is 0.429. The van der Waals surface area contributed by atoms with Crippen LogP contribution in [0, 0.1) is 12.8 Å². The molecule has 1 aliphatic heterocycles. The number of rotatable bonds is 6. The molecular weight excluding hydrogens is 376 g/mol. The highest BCUT2D eigenvalue weighted by molar-refractivity contribution is 5.91. The number of hydrogen-bond acceptors (Lipinski definition) is 7. The molecule has 0 saturated carbocycles. The first-order chi connectivity index (χ1) is 14.0. The summed E-state index contributed by atoms with van der Waals surface area (Å²) in [5.41, 5.74) is 0.799. The Morgan fingerprint density at radius 3 is 2.48 bits per heavy atom. The van der Waals surface area contributed by atoms with Crippen LogP contribution in [0.15, 0.2) is 34.7 Å². The molecule has 154 valence electrons. The van der Waals surface area contributed by atoms with Crippen LogP contribution in [0.5, 0.6) is 0 Å². The largest absolute Gasteiger partial charge is 0.466 e. The molecule has 0 spiro atoms. The molecule has 1 saturated heterocycles. The number of amides is 1. The molecule has 0 atom stereocenters. The molecule has 2 heterocycles. The first-order valence-corrected chi connectivity index (χ1v) is 9.64. The smallest absolute Gasteiger partial charge is 0.361 e. The van der Waals surface area contributed by atoms with Crippen LogP contribution in [0.25, 0.3) is 11.5 Å². The molecule has 1 aromatic carbocycles. The summed E-state index contributed by atoms with van der Waals surface area (Å²) in [5.74, 6) is -0.760. The number of aryl methyl sites for hydroxylation is 1. The number of carbonyl (C=O) groups is 3. The molecule has 0 bridgehead atoms. The number of piperidine rings is 1. The lowest BCUT2D eigenvalue weighted by Crippen LogP contribution is -2.42. The number of benzene rings is 1. The molecule has 8 heteroatoms. The van der Waals surface area contributed by atoms with Gasteiger partial charge in [-0.15, -0.1) is 0 Å². The van der Waals surface area contributed by atoms with Gasteiger partial charge in [0, 0.05) is 18.7 Å². The maximum atomic E-state index is 12.3. The number of likely N-dealkylation sites (tertiary alicyclic amines) is 1. The number of esters is 2. The fourth-order valence-electron chi connectivity index (χ4n) is 3.20. The Labute approximate surface area is 168 Å². The quantitative estimate of drug-likeness (QED) is 0.687. The van der Waals surface area contributed by atoms with Gasteiger partial charge in [0.2, 0.25) is 5.89 Å². The van der Waals surface area contributed by atoms with E-state index in [4.69, 9.17) is 13.9 Å². The van der Waals surface area contributed by atoms with Gasteiger partial charge in [0.15, 0.2) is 12.3 Å². The summed E-state index contributed by atoms with van der Waals surface area (Å²) in [5, 5.41) is 0. The molecule has 29 heavy (non-hydrogen) atoms. The minimum absolute atomic E-state index is 0.0534. The average molecular weight is 400 g/mol. The molecule has 0 N–H and O–H groups in total. The van der Waals surface area contributed by atoms with Crippen molar-refractivity contribution in [2.24, 2.45) is 5.92 Å². The third-order valence-corrected chi connectivity index (χ3v) is 4.81. The summed E-state index contributed by atoms with van der Waals surface area (Å²) in [7, 11) is 0. The summed E-state index contributed by atoms with van der Waals surface area (Å²) < 4.78 is 15.7. The van der Waals surface area contributed by atoms with E-state index < -0.39 is 5.97 Å². The van der Waals surface area contributed by atoms with Crippen LogP contribution < -0.4 is 0 Å². The highest BCUT2D eigenvalue weighted by Gasteiger charge is 2.29. The topological polar surface area (TPSA) is 98.9 Å². The van der Waals surface area contributed by atoms with Gasteiger partial charge in [0.25, 0.3) is 5.91 Å².